The molecule has 0 radical (unpaired) electrons. The van der Waals surface area contributed by atoms with Crippen LogP contribution in [0.5, 0.6) is 0 Å². The minimum absolute atomic E-state index is 0.0525. The standard InChI is InChI=1S/C56H40N6/c1-62-54(38-22-10-4-11-23-38)60-53(61-55(62)39-24-12-5-13-25-39)41-31-33-45-44-32-30-40(52-58-50(36-18-6-2-7-19-36)57-51(59-52)37-20-8-3-9-21-37)34-48(44)56(49(45)35-41)46-28-16-14-26-42(46)43-27-15-17-29-47(43)56/h2-34,41,54H,35H2,1H3. The van der Waals surface area contributed by atoms with Gasteiger partial charge in [0.25, 0.3) is 0 Å². The summed E-state index contributed by atoms with van der Waals surface area (Å²) in [6, 6.07) is 66.2. The van der Waals surface area contributed by atoms with Crippen LogP contribution in [0.2, 0.25) is 0 Å². The number of fused-ring (bicyclic) bond motifs is 9. The molecular weight excluding hydrogens is 757 g/mol. The van der Waals surface area contributed by atoms with Crippen molar-refractivity contribution in [1.29, 1.82) is 0 Å². The van der Waals surface area contributed by atoms with Crippen LogP contribution in [0.15, 0.2) is 216 Å². The summed E-state index contributed by atoms with van der Waals surface area (Å²) in [5.41, 5.74) is 14.7. The Morgan fingerprint density at radius 1 is 0.500 bits per heavy atom. The minimum Gasteiger partial charge on any atom is -0.333 e. The van der Waals surface area contributed by atoms with Gasteiger partial charge in [0.05, 0.1) is 5.41 Å². The number of rotatable bonds is 6. The second-order valence-corrected chi connectivity index (χ2v) is 16.4. The van der Waals surface area contributed by atoms with Gasteiger partial charge in [-0.15, -0.1) is 0 Å². The molecule has 1 aromatic heterocycles. The molecule has 0 saturated heterocycles. The summed E-state index contributed by atoms with van der Waals surface area (Å²) in [6.45, 7) is 0. The molecular formula is C56H40N6. The highest BCUT2D eigenvalue weighted by atomic mass is 15.3. The van der Waals surface area contributed by atoms with Gasteiger partial charge in [0.15, 0.2) is 17.5 Å². The van der Waals surface area contributed by atoms with Crippen LogP contribution in [-0.4, -0.2) is 38.6 Å². The largest absolute Gasteiger partial charge is 0.333 e. The fraction of sp³-hybridized carbons (Fsp3) is 0.0893. The Bertz CT molecular complexity index is 3070. The first-order valence-electron chi connectivity index (χ1n) is 21.3. The molecule has 0 bridgehead atoms. The summed E-state index contributed by atoms with van der Waals surface area (Å²) in [5, 5.41) is 0. The summed E-state index contributed by atoms with van der Waals surface area (Å²) in [6.07, 6.45) is 5.23. The van der Waals surface area contributed by atoms with E-state index in [1.54, 1.807) is 0 Å². The third-order valence-corrected chi connectivity index (χ3v) is 13.0. The molecule has 2 heterocycles. The molecule has 1 aliphatic heterocycles. The monoisotopic (exact) mass is 796 g/mol. The maximum absolute atomic E-state index is 5.48. The highest BCUT2D eigenvalue weighted by Crippen LogP contribution is 2.64. The van der Waals surface area contributed by atoms with Crippen molar-refractivity contribution in [3.05, 3.63) is 239 Å². The van der Waals surface area contributed by atoms with Gasteiger partial charge in [0, 0.05) is 35.2 Å². The van der Waals surface area contributed by atoms with E-state index in [-0.39, 0.29) is 12.1 Å². The zero-order valence-corrected chi connectivity index (χ0v) is 34.1. The molecule has 12 rings (SSSR count). The van der Waals surface area contributed by atoms with Gasteiger partial charge >= 0.3 is 0 Å². The van der Waals surface area contributed by atoms with Gasteiger partial charge in [0.2, 0.25) is 0 Å². The van der Waals surface area contributed by atoms with Crippen molar-refractivity contribution in [3.63, 3.8) is 0 Å². The van der Waals surface area contributed by atoms with Crippen LogP contribution in [0.3, 0.4) is 0 Å². The van der Waals surface area contributed by atoms with Crippen molar-refractivity contribution in [2.24, 2.45) is 15.9 Å². The summed E-state index contributed by atoms with van der Waals surface area (Å²) >= 11 is 0. The Hall–Kier alpha value is -7.83. The van der Waals surface area contributed by atoms with E-state index in [2.05, 4.69) is 176 Å². The van der Waals surface area contributed by atoms with E-state index >= 15 is 0 Å². The van der Waals surface area contributed by atoms with Gasteiger partial charge in [-0.05, 0) is 62.6 Å². The van der Waals surface area contributed by atoms with E-state index in [4.69, 9.17) is 24.9 Å². The highest BCUT2D eigenvalue weighted by Gasteiger charge is 2.53. The van der Waals surface area contributed by atoms with Gasteiger partial charge in [0.1, 0.15) is 17.8 Å². The number of hydrogen-bond acceptors (Lipinski definition) is 6. The van der Waals surface area contributed by atoms with E-state index in [0.29, 0.717) is 17.5 Å². The topological polar surface area (TPSA) is 66.6 Å². The molecule has 294 valence electrons. The normalized spacial score (nSPS) is 17.9. The molecule has 0 N–H and O–H groups in total. The van der Waals surface area contributed by atoms with Crippen LogP contribution in [0, 0.1) is 5.92 Å². The van der Waals surface area contributed by atoms with E-state index in [9.17, 15) is 0 Å². The Morgan fingerprint density at radius 2 is 1.02 bits per heavy atom. The van der Waals surface area contributed by atoms with Gasteiger partial charge < -0.3 is 4.90 Å². The van der Waals surface area contributed by atoms with Gasteiger partial charge in [-0.25, -0.2) is 24.9 Å². The smallest absolute Gasteiger partial charge is 0.164 e. The minimum atomic E-state index is -0.550. The maximum Gasteiger partial charge on any atom is 0.164 e. The molecule has 3 aliphatic carbocycles. The maximum atomic E-state index is 5.48. The molecule has 2 atom stereocenters. The van der Waals surface area contributed by atoms with Gasteiger partial charge in [-0.1, -0.05) is 194 Å². The molecule has 4 aliphatic rings. The number of aliphatic imine (C=N–C) groups is 2. The molecule has 0 saturated carbocycles. The molecule has 7 aromatic carbocycles. The molecule has 1 spiro atoms. The third-order valence-electron chi connectivity index (χ3n) is 13.0. The van der Waals surface area contributed by atoms with Crippen molar-refractivity contribution in [1.82, 2.24) is 19.9 Å². The Balaban J connectivity index is 1.04. The number of nitrogens with zero attached hydrogens (tertiary/aromatic N) is 6. The number of benzene rings is 7. The first kappa shape index (κ1) is 36.1. The zero-order valence-electron chi connectivity index (χ0n) is 34.1. The number of amidine groups is 2. The summed E-state index contributed by atoms with van der Waals surface area (Å²) in [5.74, 6) is 3.65. The SMILES string of the molecule is CN1C(c2ccccc2)=NC(C2C=CC3=C(C2)C2(c4cc(-c5nc(-c6ccccc6)nc(-c6ccccc6)n5)ccc43)c3ccccc3-c3ccccc32)=NC1c1ccccc1. The van der Waals surface area contributed by atoms with Gasteiger partial charge in [-0.2, -0.15) is 0 Å². The number of hydrogen-bond donors (Lipinski definition) is 0. The van der Waals surface area contributed by atoms with Crippen molar-refractivity contribution in [3.8, 4) is 45.3 Å². The summed E-state index contributed by atoms with van der Waals surface area (Å²) in [4.78, 5) is 28.5. The summed E-state index contributed by atoms with van der Waals surface area (Å²) in [7, 11) is 2.10. The second-order valence-electron chi connectivity index (χ2n) is 16.4. The van der Waals surface area contributed by atoms with E-state index in [0.717, 1.165) is 45.9 Å². The van der Waals surface area contributed by atoms with Gasteiger partial charge in [-0.3, -0.25) is 0 Å². The highest BCUT2D eigenvalue weighted by molar-refractivity contribution is 6.09. The van der Waals surface area contributed by atoms with Crippen LogP contribution in [-0.2, 0) is 5.41 Å². The fourth-order valence-electron chi connectivity index (χ4n) is 10.2. The average Bonchev–Trinajstić information content (AvgIpc) is 3.81. The number of allylic oxidation sites excluding steroid dienone is 3. The number of aromatic nitrogens is 3. The van der Waals surface area contributed by atoms with E-state index < -0.39 is 5.41 Å². The predicted octanol–water partition coefficient (Wildman–Crippen LogP) is 12.0. The quantitative estimate of drug-likeness (QED) is 0.168. The van der Waals surface area contributed by atoms with Crippen LogP contribution in [0.4, 0.5) is 0 Å². The Kier molecular flexibility index (Phi) is 8.39. The summed E-state index contributed by atoms with van der Waals surface area (Å²) < 4.78 is 0. The molecule has 2 unspecified atom stereocenters. The van der Waals surface area contributed by atoms with Crippen molar-refractivity contribution in [2.75, 3.05) is 7.05 Å². The Morgan fingerprint density at radius 3 is 1.61 bits per heavy atom. The first-order chi connectivity index (χ1) is 30.6. The van der Waals surface area contributed by atoms with Crippen LogP contribution < -0.4 is 0 Å². The van der Waals surface area contributed by atoms with Crippen molar-refractivity contribution < 1.29 is 0 Å². The van der Waals surface area contributed by atoms with Crippen molar-refractivity contribution >= 4 is 17.2 Å². The lowest BCUT2D eigenvalue weighted by molar-refractivity contribution is 0.380. The average molecular weight is 797 g/mol. The fourth-order valence-corrected chi connectivity index (χ4v) is 10.2. The lowest BCUT2D eigenvalue weighted by Gasteiger charge is -2.37. The molecule has 6 heteroatoms. The first-order valence-corrected chi connectivity index (χ1v) is 21.3. The predicted molar refractivity (Wildman–Crippen MR) is 249 cm³/mol. The molecule has 0 amide bonds. The van der Waals surface area contributed by atoms with Crippen LogP contribution in [0.25, 0.3) is 50.9 Å². The lowest BCUT2D eigenvalue weighted by Crippen LogP contribution is -2.37. The van der Waals surface area contributed by atoms with Crippen molar-refractivity contribution in [2.45, 2.75) is 18.0 Å². The molecule has 6 nitrogen and oxygen atoms in total. The Labute approximate surface area is 361 Å². The van der Waals surface area contributed by atoms with Crippen LogP contribution in [0.1, 0.15) is 46.0 Å². The second kappa shape index (κ2) is 14.4. The zero-order chi connectivity index (χ0) is 41.2. The lowest BCUT2D eigenvalue weighted by atomic mass is 9.67. The molecule has 0 fully saturated rings. The molecule has 8 aromatic rings. The molecule has 62 heavy (non-hydrogen) atoms. The van der Waals surface area contributed by atoms with E-state index in [1.807, 2.05) is 36.4 Å². The third kappa shape index (κ3) is 5.60. The van der Waals surface area contributed by atoms with Crippen LogP contribution >= 0.6 is 0 Å². The van der Waals surface area contributed by atoms with E-state index in [1.165, 1.54) is 44.5 Å².